The minimum absolute atomic E-state index is 0.151. The Bertz CT molecular complexity index is 1070. The van der Waals surface area contributed by atoms with Crippen molar-refractivity contribution < 1.29 is 14.3 Å². The van der Waals surface area contributed by atoms with Gasteiger partial charge in [0.2, 0.25) is 5.91 Å². The molecule has 2 aromatic carbocycles. The Kier molecular flexibility index (Phi) is 8.06. The van der Waals surface area contributed by atoms with Crippen molar-refractivity contribution in [1.82, 2.24) is 14.8 Å². The maximum absolute atomic E-state index is 12.3. The maximum atomic E-state index is 12.3. The van der Waals surface area contributed by atoms with Gasteiger partial charge in [-0.15, -0.1) is 10.2 Å². The van der Waals surface area contributed by atoms with E-state index >= 15 is 0 Å². The number of anilines is 1. The number of thioether (sulfide) groups is 1. The molecule has 0 bridgehead atoms. The van der Waals surface area contributed by atoms with Gasteiger partial charge in [-0.1, -0.05) is 41.0 Å². The van der Waals surface area contributed by atoms with Crippen LogP contribution >= 0.6 is 35.0 Å². The third kappa shape index (κ3) is 6.29. The van der Waals surface area contributed by atoms with Gasteiger partial charge in [-0.05, 0) is 49.7 Å². The second kappa shape index (κ2) is 10.7. The Labute approximate surface area is 195 Å². The van der Waals surface area contributed by atoms with Gasteiger partial charge >= 0.3 is 0 Å². The van der Waals surface area contributed by atoms with Crippen LogP contribution < -0.4 is 14.8 Å². The number of nitrogens with one attached hydrogen (secondary N) is 1. The summed E-state index contributed by atoms with van der Waals surface area (Å²) >= 11 is 13.2. The van der Waals surface area contributed by atoms with Crippen LogP contribution in [0.4, 0.5) is 5.69 Å². The third-order valence-corrected chi connectivity index (χ3v) is 5.79. The molecule has 0 aliphatic heterocycles. The predicted octanol–water partition coefficient (Wildman–Crippen LogP) is 5.14. The van der Waals surface area contributed by atoms with E-state index in [-0.39, 0.29) is 18.3 Å². The normalized spacial score (nSPS) is 10.7. The van der Waals surface area contributed by atoms with E-state index in [1.807, 2.05) is 39.1 Å². The largest absolute Gasteiger partial charge is 0.490 e. The summed E-state index contributed by atoms with van der Waals surface area (Å²) in [6, 6.07) is 10.7. The lowest BCUT2D eigenvalue weighted by atomic mass is 10.2. The zero-order chi connectivity index (χ0) is 22.4. The Hall–Kier alpha value is -2.42. The molecule has 1 N–H and O–H groups in total. The van der Waals surface area contributed by atoms with Crippen LogP contribution in [0.5, 0.6) is 11.5 Å². The van der Waals surface area contributed by atoms with Gasteiger partial charge in [0, 0.05) is 12.1 Å². The van der Waals surface area contributed by atoms with Gasteiger partial charge in [-0.25, -0.2) is 0 Å². The summed E-state index contributed by atoms with van der Waals surface area (Å²) in [6.07, 6.45) is 0. The average Bonchev–Trinajstić information content (AvgIpc) is 3.08. The zero-order valence-corrected chi connectivity index (χ0v) is 19.6. The van der Waals surface area contributed by atoms with Crippen LogP contribution in [0.2, 0.25) is 10.0 Å². The lowest BCUT2D eigenvalue weighted by molar-refractivity contribution is -0.113. The first kappa shape index (κ1) is 23.2. The smallest absolute Gasteiger partial charge is 0.234 e. The molecule has 0 unspecified atom stereocenters. The van der Waals surface area contributed by atoms with E-state index in [2.05, 4.69) is 15.5 Å². The summed E-state index contributed by atoms with van der Waals surface area (Å²) in [6.45, 7) is 4.69. The van der Waals surface area contributed by atoms with Crippen LogP contribution in [0, 0.1) is 6.92 Å². The van der Waals surface area contributed by atoms with Gasteiger partial charge in [0.25, 0.3) is 0 Å². The molecule has 7 nitrogen and oxygen atoms in total. The van der Waals surface area contributed by atoms with E-state index < -0.39 is 0 Å². The molecule has 1 heterocycles. The molecule has 0 fully saturated rings. The quantitative estimate of drug-likeness (QED) is 0.427. The maximum Gasteiger partial charge on any atom is 0.234 e. The number of hydrogen-bond acceptors (Lipinski definition) is 6. The summed E-state index contributed by atoms with van der Waals surface area (Å²) < 4.78 is 13.3. The van der Waals surface area contributed by atoms with Gasteiger partial charge in [0.15, 0.2) is 22.5 Å². The van der Waals surface area contributed by atoms with Crippen LogP contribution in [0.1, 0.15) is 18.3 Å². The minimum Gasteiger partial charge on any atom is -0.490 e. The molecule has 0 saturated carbocycles. The number of carbonyl (C=O) groups is 1. The molecule has 0 saturated heterocycles. The van der Waals surface area contributed by atoms with Crippen molar-refractivity contribution in [3.8, 4) is 11.5 Å². The highest BCUT2D eigenvalue weighted by Gasteiger charge is 2.14. The van der Waals surface area contributed by atoms with E-state index in [1.165, 1.54) is 11.8 Å². The van der Waals surface area contributed by atoms with Crippen LogP contribution in [-0.4, -0.2) is 33.0 Å². The number of amides is 1. The number of hydrogen-bond donors (Lipinski definition) is 1. The lowest BCUT2D eigenvalue weighted by Gasteiger charge is -2.12. The second-order valence-corrected chi connectivity index (χ2v) is 8.38. The van der Waals surface area contributed by atoms with E-state index in [1.54, 1.807) is 22.8 Å². The fourth-order valence-electron chi connectivity index (χ4n) is 2.65. The monoisotopic (exact) mass is 480 g/mol. The van der Waals surface area contributed by atoms with Crippen molar-refractivity contribution in [3.63, 3.8) is 0 Å². The molecule has 0 radical (unpaired) electrons. The van der Waals surface area contributed by atoms with E-state index in [4.69, 9.17) is 32.7 Å². The Balaban J connectivity index is 1.57. The van der Waals surface area contributed by atoms with Crippen LogP contribution in [0.15, 0.2) is 41.6 Å². The highest BCUT2D eigenvalue weighted by Crippen LogP contribution is 2.29. The number of rotatable bonds is 9. The van der Waals surface area contributed by atoms with E-state index in [0.29, 0.717) is 44.8 Å². The van der Waals surface area contributed by atoms with Crippen LogP contribution in [-0.2, 0) is 18.4 Å². The lowest BCUT2D eigenvalue weighted by Crippen LogP contribution is -2.15. The molecule has 1 amide bonds. The molecule has 0 aliphatic rings. The molecule has 0 atom stereocenters. The van der Waals surface area contributed by atoms with Gasteiger partial charge in [-0.2, -0.15) is 0 Å². The predicted molar refractivity (Wildman–Crippen MR) is 123 cm³/mol. The fourth-order valence-corrected chi connectivity index (χ4v) is 3.83. The molecule has 10 heteroatoms. The molecular formula is C21H22Cl2N4O3S. The first-order chi connectivity index (χ1) is 14.9. The second-order valence-electron chi connectivity index (χ2n) is 6.59. The average molecular weight is 481 g/mol. The number of ether oxygens (including phenoxy) is 2. The standard InChI is InChI=1S/C21H22Cl2N4O3S/c1-4-29-18-9-13(2)5-8-17(18)30-11-19-25-26-21(27(19)3)31-12-20(28)24-16-7-6-14(22)10-15(16)23/h5-10H,4,11-12H2,1-3H3,(H,24,28). The topological polar surface area (TPSA) is 78.3 Å². The molecule has 0 spiro atoms. The van der Waals surface area contributed by atoms with Crippen molar-refractivity contribution in [2.24, 2.45) is 7.05 Å². The van der Waals surface area contributed by atoms with Crippen molar-refractivity contribution in [2.45, 2.75) is 25.6 Å². The molecule has 31 heavy (non-hydrogen) atoms. The zero-order valence-electron chi connectivity index (χ0n) is 17.3. The van der Waals surface area contributed by atoms with Crippen LogP contribution in [0.25, 0.3) is 0 Å². The Morgan fingerprint density at radius 3 is 2.68 bits per heavy atom. The Morgan fingerprint density at radius 1 is 1.13 bits per heavy atom. The number of nitrogens with zero attached hydrogens (tertiary/aromatic N) is 3. The minimum atomic E-state index is -0.212. The van der Waals surface area contributed by atoms with Gasteiger partial charge < -0.3 is 19.4 Å². The molecule has 3 aromatic rings. The van der Waals surface area contributed by atoms with Gasteiger partial charge in [0.1, 0.15) is 6.61 Å². The first-order valence-electron chi connectivity index (χ1n) is 9.49. The van der Waals surface area contributed by atoms with E-state index in [0.717, 1.165) is 5.56 Å². The molecule has 0 aliphatic carbocycles. The van der Waals surface area contributed by atoms with Crippen molar-refractivity contribution in [1.29, 1.82) is 0 Å². The SMILES string of the molecule is CCOc1cc(C)ccc1OCc1nnc(SCC(=O)Nc2ccc(Cl)cc2Cl)n1C. The van der Waals surface area contributed by atoms with Gasteiger partial charge in [-0.3, -0.25) is 4.79 Å². The number of carbonyl (C=O) groups excluding carboxylic acids is 1. The Morgan fingerprint density at radius 2 is 1.94 bits per heavy atom. The number of benzene rings is 2. The summed E-state index contributed by atoms with van der Waals surface area (Å²) in [5.41, 5.74) is 1.60. The highest BCUT2D eigenvalue weighted by molar-refractivity contribution is 7.99. The van der Waals surface area contributed by atoms with Crippen molar-refractivity contribution >= 4 is 46.6 Å². The van der Waals surface area contributed by atoms with Crippen LogP contribution in [0.3, 0.4) is 0 Å². The highest BCUT2D eigenvalue weighted by atomic mass is 35.5. The van der Waals surface area contributed by atoms with Gasteiger partial charge in [0.05, 0.1) is 23.1 Å². The first-order valence-corrected chi connectivity index (χ1v) is 11.2. The van der Waals surface area contributed by atoms with E-state index in [9.17, 15) is 4.79 Å². The molecular weight excluding hydrogens is 459 g/mol. The third-order valence-electron chi connectivity index (χ3n) is 4.22. The number of aromatic nitrogens is 3. The summed E-state index contributed by atoms with van der Waals surface area (Å²) in [7, 11) is 1.83. The summed E-state index contributed by atoms with van der Waals surface area (Å²) in [4.78, 5) is 12.3. The van der Waals surface area contributed by atoms with Crippen molar-refractivity contribution in [2.75, 3.05) is 17.7 Å². The summed E-state index contributed by atoms with van der Waals surface area (Å²) in [5.74, 6) is 1.90. The summed E-state index contributed by atoms with van der Waals surface area (Å²) in [5, 5.41) is 12.6. The molecule has 1 aromatic heterocycles. The number of aryl methyl sites for hydroxylation is 1. The fraction of sp³-hybridized carbons (Fsp3) is 0.286. The van der Waals surface area contributed by atoms with Crippen molar-refractivity contribution in [3.05, 3.63) is 57.8 Å². The molecule has 3 rings (SSSR count). The number of halogens is 2. The molecule has 164 valence electrons.